The van der Waals surface area contributed by atoms with Gasteiger partial charge in [-0.05, 0) is 18.2 Å². The number of ether oxygens (including phenoxy) is 1. The Kier molecular flexibility index (Phi) is 3.24. The number of halogens is 2. The number of rotatable bonds is 2. The second-order valence-corrected chi connectivity index (χ2v) is 4.61. The molecule has 0 radical (unpaired) electrons. The molecule has 100 valence electrons. The van der Waals surface area contributed by atoms with Gasteiger partial charge in [-0.3, -0.25) is 0 Å². The largest absolute Gasteiger partial charge is 0.496 e. The van der Waals surface area contributed by atoms with Crippen molar-refractivity contribution in [2.24, 2.45) is 0 Å². The first-order valence-corrected chi connectivity index (χ1v) is 6.31. The Morgan fingerprint density at radius 3 is 2.80 bits per heavy atom. The molecule has 0 unspecified atom stereocenters. The maximum Gasteiger partial charge on any atom is 0.131 e. The van der Waals surface area contributed by atoms with Gasteiger partial charge in [0.15, 0.2) is 0 Å². The van der Waals surface area contributed by atoms with E-state index >= 15 is 0 Å². The molecule has 0 saturated heterocycles. The minimum atomic E-state index is -0.359. The van der Waals surface area contributed by atoms with E-state index in [1.54, 1.807) is 12.1 Å². The second-order valence-electron chi connectivity index (χ2n) is 4.20. The molecule has 0 N–H and O–H groups in total. The van der Waals surface area contributed by atoms with Crippen molar-refractivity contribution in [2.75, 3.05) is 7.11 Å². The summed E-state index contributed by atoms with van der Waals surface area (Å²) in [6.45, 7) is 0. The van der Waals surface area contributed by atoms with E-state index in [9.17, 15) is 4.39 Å². The van der Waals surface area contributed by atoms with Crippen LogP contribution in [0.25, 0.3) is 22.2 Å². The van der Waals surface area contributed by atoms with Gasteiger partial charge in [0.25, 0.3) is 0 Å². The number of hydrogen-bond donors (Lipinski definition) is 0. The summed E-state index contributed by atoms with van der Waals surface area (Å²) >= 11 is 6.13. The first kappa shape index (κ1) is 12.8. The number of para-hydroxylation sites is 1. The molecule has 0 fully saturated rings. The summed E-state index contributed by atoms with van der Waals surface area (Å²) in [6, 6.07) is 9.80. The average Bonchev–Trinajstić information content (AvgIpc) is 2.47. The average molecular weight is 289 g/mol. The van der Waals surface area contributed by atoms with Crippen LogP contribution in [-0.2, 0) is 0 Å². The highest BCUT2D eigenvalue weighted by Gasteiger charge is 2.13. The Labute approximate surface area is 120 Å². The number of benzene rings is 2. The predicted molar refractivity (Wildman–Crippen MR) is 76.5 cm³/mol. The normalized spacial score (nSPS) is 10.8. The molecule has 1 aromatic heterocycles. The summed E-state index contributed by atoms with van der Waals surface area (Å²) < 4.78 is 18.5. The van der Waals surface area contributed by atoms with Crippen molar-refractivity contribution < 1.29 is 9.13 Å². The Hall–Kier alpha value is -2.20. The van der Waals surface area contributed by atoms with Crippen molar-refractivity contribution in [3.63, 3.8) is 0 Å². The van der Waals surface area contributed by atoms with E-state index in [2.05, 4.69) is 9.97 Å². The van der Waals surface area contributed by atoms with Crippen molar-refractivity contribution in [1.82, 2.24) is 9.97 Å². The van der Waals surface area contributed by atoms with Gasteiger partial charge in [-0.2, -0.15) is 0 Å². The molecule has 0 aliphatic carbocycles. The van der Waals surface area contributed by atoms with E-state index in [4.69, 9.17) is 16.3 Å². The van der Waals surface area contributed by atoms with Crippen LogP contribution in [0, 0.1) is 5.82 Å². The van der Waals surface area contributed by atoms with Crippen molar-refractivity contribution in [2.45, 2.75) is 0 Å². The van der Waals surface area contributed by atoms with Gasteiger partial charge in [-0.25, -0.2) is 14.4 Å². The Morgan fingerprint density at radius 2 is 2.00 bits per heavy atom. The molecule has 5 heteroatoms. The molecular formula is C15H10ClFN2O. The van der Waals surface area contributed by atoms with Gasteiger partial charge < -0.3 is 4.74 Å². The van der Waals surface area contributed by atoms with Crippen molar-refractivity contribution in [3.8, 4) is 17.0 Å². The maximum absolute atomic E-state index is 13.3. The van der Waals surface area contributed by atoms with Gasteiger partial charge in [0.05, 0.1) is 23.3 Å². The molecule has 20 heavy (non-hydrogen) atoms. The number of methoxy groups -OCH3 is 1. The van der Waals surface area contributed by atoms with Gasteiger partial charge in [0.2, 0.25) is 0 Å². The fourth-order valence-corrected chi connectivity index (χ4v) is 2.35. The van der Waals surface area contributed by atoms with Crippen LogP contribution in [0.15, 0.2) is 42.7 Å². The minimum Gasteiger partial charge on any atom is -0.496 e. The highest BCUT2D eigenvalue weighted by Crippen LogP contribution is 2.34. The molecule has 2 aromatic carbocycles. The van der Waals surface area contributed by atoms with Crippen molar-refractivity contribution in [3.05, 3.63) is 53.6 Å². The summed E-state index contributed by atoms with van der Waals surface area (Å²) in [4.78, 5) is 8.47. The maximum atomic E-state index is 13.3. The summed E-state index contributed by atoms with van der Waals surface area (Å²) in [7, 11) is 1.49. The Balaban J connectivity index is 2.33. The molecule has 0 aliphatic rings. The zero-order valence-electron chi connectivity index (χ0n) is 10.6. The third-order valence-corrected chi connectivity index (χ3v) is 3.34. The van der Waals surface area contributed by atoms with Crippen LogP contribution >= 0.6 is 11.6 Å². The molecule has 3 nitrogen and oxygen atoms in total. The molecular weight excluding hydrogens is 279 g/mol. The lowest BCUT2D eigenvalue weighted by Gasteiger charge is -2.10. The van der Waals surface area contributed by atoms with Crippen molar-refractivity contribution in [1.29, 1.82) is 0 Å². The van der Waals surface area contributed by atoms with Gasteiger partial charge >= 0.3 is 0 Å². The Bertz CT molecular complexity index is 792. The standard InChI is InChI=1S/C15H10ClFN2O/c1-20-13-7-9(17)5-6-10(13)14-11-3-2-4-12(16)15(11)19-8-18-14/h2-8H,1H3. The highest BCUT2D eigenvalue weighted by atomic mass is 35.5. The van der Waals surface area contributed by atoms with Crippen LogP contribution in [0.2, 0.25) is 5.02 Å². The first-order valence-electron chi connectivity index (χ1n) is 5.94. The number of hydrogen-bond acceptors (Lipinski definition) is 3. The number of fused-ring (bicyclic) bond motifs is 1. The van der Waals surface area contributed by atoms with E-state index in [0.29, 0.717) is 27.5 Å². The fraction of sp³-hybridized carbons (Fsp3) is 0.0667. The SMILES string of the molecule is COc1cc(F)ccc1-c1ncnc2c(Cl)cccc12. The predicted octanol–water partition coefficient (Wildman–Crippen LogP) is 4.10. The van der Waals surface area contributed by atoms with E-state index in [1.807, 2.05) is 12.1 Å². The van der Waals surface area contributed by atoms with E-state index < -0.39 is 0 Å². The topological polar surface area (TPSA) is 35.0 Å². The van der Waals surface area contributed by atoms with Crippen LogP contribution in [0.4, 0.5) is 4.39 Å². The van der Waals surface area contributed by atoms with Crippen LogP contribution in [0.1, 0.15) is 0 Å². The fourth-order valence-electron chi connectivity index (χ4n) is 2.13. The lowest BCUT2D eigenvalue weighted by Crippen LogP contribution is -1.94. The van der Waals surface area contributed by atoms with Crippen LogP contribution in [0.5, 0.6) is 5.75 Å². The molecule has 3 rings (SSSR count). The molecule has 0 amide bonds. The number of aromatic nitrogens is 2. The zero-order chi connectivity index (χ0) is 14.1. The van der Waals surface area contributed by atoms with E-state index in [1.165, 1.54) is 25.6 Å². The van der Waals surface area contributed by atoms with Gasteiger partial charge in [0.1, 0.15) is 17.9 Å². The van der Waals surface area contributed by atoms with Crippen molar-refractivity contribution >= 4 is 22.5 Å². The first-order chi connectivity index (χ1) is 9.70. The Morgan fingerprint density at radius 1 is 1.15 bits per heavy atom. The van der Waals surface area contributed by atoms with Gasteiger partial charge in [0, 0.05) is 17.0 Å². The smallest absolute Gasteiger partial charge is 0.131 e. The summed E-state index contributed by atoms with van der Waals surface area (Å²) in [6.07, 6.45) is 1.44. The molecule has 0 atom stereocenters. The van der Waals surface area contributed by atoms with Gasteiger partial charge in [-0.1, -0.05) is 23.7 Å². The molecule has 0 spiro atoms. The van der Waals surface area contributed by atoms with Crippen LogP contribution < -0.4 is 4.74 Å². The zero-order valence-corrected chi connectivity index (χ0v) is 11.4. The van der Waals surface area contributed by atoms with Gasteiger partial charge in [-0.15, -0.1) is 0 Å². The van der Waals surface area contributed by atoms with Crippen LogP contribution in [0.3, 0.4) is 0 Å². The highest BCUT2D eigenvalue weighted by molar-refractivity contribution is 6.35. The third-order valence-electron chi connectivity index (χ3n) is 3.03. The monoisotopic (exact) mass is 288 g/mol. The number of nitrogens with zero attached hydrogens (tertiary/aromatic N) is 2. The second kappa shape index (κ2) is 5.06. The molecule has 0 bridgehead atoms. The summed E-state index contributed by atoms with van der Waals surface area (Å²) in [5.41, 5.74) is 2.02. The summed E-state index contributed by atoms with van der Waals surface area (Å²) in [5.74, 6) is 0.0620. The summed E-state index contributed by atoms with van der Waals surface area (Å²) in [5, 5.41) is 1.34. The quantitative estimate of drug-likeness (QED) is 0.712. The molecule has 0 saturated carbocycles. The lowest BCUT2D eigenvalue weighted by molar-refractivity contribution is 0.413. The molecule has 0 aliphatic heterocycles. The van der Waals surface area contributed by atoms with E-state index in [-0.39, 0.29) is 5.82 Å². The third kappa shape index (κ3) is 2.08. The van der Waals surface area contributed by atoms with E-state index in [0.717, 1.165) is 5.39 Å². The molecule has 1 heterocycles. The van der Waals surface area contributed by atoms with Crippen LogP contribution in [-0.4, -0.2) is 17.1 Å². The lowest BCUT2D eigenvalue weighted by atomic mass is 10.1. The minimum absolute atomic E-state index is 0.359. The molecule has 3 aromatic rings.